The molecular weight excluding hydrogens is 304 g/mol. The van der Waals surface area contributed by atoms with Crippen molar-refractivity contribution in [1.82, 2.24) is 4.90 Å². The first-order valence-corrected chi connectivity index (χ1v) is 7.54. The minimum Gasteiger partial charge on any atom is -0.390 e. The molecule has 1 atom stereocenters. The van der Waals surface area contributed by atoms with Gasteiger partial charge in [-0.2, -0.15) is 0 Å². The Morgan fingerprint density at radius 1 is 1.43 bits per heavy atom. The van der Waals surface area contributed by atoms with Crippen molar-refractivity contribution in [3.63, 3.8) is 0 Å². The Bertz CT molecular complexity index is 585. The number of halogens is 2. The maximum atomic E-state index is 13.8. The predicted octanol–water partition coefficient (Wildman–Crippen LogP) is 1.90. The van der Waals surface area contributed by atoms with Crippen LogP contribution in [0.1, 0.15) is 25.8 Å². The molecule has 0 saturated carbocycles. The van der Waals surface area contributed by atoms with Crippen LogP contribution in [0.2, 0.25) is 0 Å². The molecule has 1 aliphatic heterocycles. The van der Waals surface area contributed by atoms with Crippen molar-refractivity contribution in [2.24, 2.45) is 16.8 Å². The number of rotatable bonds is 7. The number of oxime groups is 1. The number of carbonyl (C=O) groups excluding carboxylic acids is 1. The Morgan fingerprint density at radius 2 is 2.09 bits per heavy atom. The summed E-state index contributed by atoms with van der Waals surface area (Å²) in [6.07, 6.45) is -0.0762. The van der Waals surface area contributed by atoms with Crippen LogP contribution < -0.4 is 5.73 Å². The third-order valence-electron chi connectivity index (χ3n) is 3.45. The molecule has 1 aromatic carbocycles. The van der Waals surface area contributed by atoms with Crippen LogP contribution in [0, 0.1) is 17.6 Å². The summed E-state index contributed by atoms with van der Waals surface area (Å²) in [5, 5.41) is 3.81. The zero-order chi connectivity index (χ0) is 17.0. The molecule has 2 rings (SSSR count). The van der Waals surface area contributed by atoms with Crippen molar-refractivity contribution < 1.29 is 18.4 Å². The largest absolute Gasteiger partial charge is 0.390 e. The molecule has 1 aliphatic rings. The minimum absolute atomic E-state index is 0.113. The highest BCUT2D eigenvalue weighted by atomic mass is 19.1. The Balaban J connectivity index is 2.01. The highest BCUT2D eigenvalue weighted by Gasteiger charge is 2.28. The second-order valence-electron chi connectivity index (χ2n) is 6.12. The molecule has 7 heteroatoms. The van der Waals surface area contributed by atoms with Gasteiger partial charge in [0.1, 0.15) is 17.7 Å². The highest BCUT2D eigenvalue weighted by Crippen LogP contribution is 2.22. The molecule has 0 aromatic heterocycles. The van der Waals surface area contributed by atoms with Gasteiger partial charge < -0.3 is 10.6 Å². The molecule has 23 heavy (non-hydrogen) atoms. The quantitative estimate of drug-likeness (QED) is 0.832. The Morgan fingerprint density at radius 3 is 2.65 bits per heavy atom. The lowest BCUT2D eigenvalue weighted by molar-refractivity contribution is -0.119. The molecule has 5 nitrogen and oxygen atoms in total. The van der Waals surface area contributed by atoms with Crippen LogP contribution in [0.25, 0.3) is 0 Å². The summed E-state index contributed by atoms with van der Waals surface area (Å²) in [7, 11) is 0. The van der Waals surface area contributed by atoms with Gasteiger partial charge in [0.05, 0.1) is 17.8 Å². The standard InChI is InChI=1S/C16H21F2N3O2/c1-10(2)7-21(9-15(19)22)8-11-6-14(20-23-11)16-12(17)4-3-5-13(16)18/h3-5,10-11H,6-9H2,1-2H3,(H2,19,22)/t11-/m0/s1. The van der Waals surface area contributed by atoms with Gasteiger partial charge in [0.25, 0.3) is 0 Å². The topological polar surface area (TPSA) is 67.9 Å². The van der Waals surface area contributed by atoms with Crippen molar-refractivity contribution in [2.45, 2.75) is 26.4 Å². The number of primary amides is 1. The van der Waals surface area contributed by atoms with Crippen LogP contribution in [-0.4, -0.2) is 42.3 Å². The minimum atomic E-state index is -0.663. The molecule has 126 valence electrons. The summed E-state index contributed by atoms with van der Waals surface area (Å²) in [6, 6.07) is 3.68. The summed E-state index contributed by atoms with van der Waals surface area (Å²) in [4.78, 5) is 18.3. The van der Waals surface area contributed by atoms with Crippen LogP contribution in [0.15, 0.2) is 23.4 Å². The lowest BCUT2D eigenvalue weighted by Crippen LogP contribution is -2.40. The van der Waals surface area contributed by atoms with E-state index in [0.29, 0.717) is 19.0 Å². The molecule has 0 radical (unpaired) electrons. The van der Waals surface area contributed by atoms with Crippen LogP contribution in [0.4, 0.5) is 8.78 Å². The number of carbonyl (C=O) groups is 1. The van der Waals surface area contributed by atoms with Gasteiger partial charge in [0, 0.05) is 19.5 Å². The van der Waals surface area contributed by atoms with Gasteiger partial charge in [-0.25, -0.2) is 8.78 Å². The number of nitrogens with zero attached hydrogens (tertiary/aromatic N) is 2. The van der Waals surface area contributed by atoms with Crippen molar-refractivity contribution in [3.8, 4) is 0 Å². The number of hydrogen-bond acceptors (Lipinski definition) is 4. The molecule has 0 spiro atoms. The normalized spacial score (nSPS) is 17.5. The van der Waals surface area contributed by atoms with Crippen molar-refractivity contribution >= 4 is 11.6 Å². The summed E-state index contributed by atoms with van der Waals surface area (Å²) < 4.78 is 27.6. The fourth-order valence-electron chi connectivity index (χ4n) is 2.68. The predicted molar refractivity (Wildman–Crippen MR) is 82.9 cm³/mol. The lowest BCUT2D eigenvalue weighted by atomic mass is 10.0. The van der Waals surface area contributed by atoms with E-state index in [1.807, 2.05) is 18.7 Å². The Kier molecular flexibility index (Phi) is 5.65. The van der Waals surface area contributed by atoms with Gasteiger partial charge in [0.15, 0.2) is 0 Å². The molecule has 2 N–H and O–H groups in total. The first-order valence-electron chi connectivity index (χ1n) is 7.54. The summed E-state index contributed by atoms with van der Waals surface area (Å²) in [6.45, 7) is 5.26. The maximum absolute atomic E-state index is 13.8. The molecule has 0 saturated heterocycles. The third kappa shape index (κ3) is 4.72. The van der Waals surface area contributed by atoms with Gasteiger partial charge in [-0.1, -0.05) is 25.1 Å². The summed E-state index contributed by atoms with van der Waals surface area (Å²) in [5.74, 6) is -1.40. The van der Waals surface area contributed by atoms with Gasteiger partial charge in [-0.15, -0.1) is 0 Å². The molecule has 1 amide bonds. The molecule has 0 aliphatic carbocycles. The Hall–Kier alpha value is -2.02. The van der Waals surface area contributed by atoms with E-state index in [2.05, 4.69) is 5.16 Å². The van der Waals surface area contributed by atoms with Crippen molar-refractivity contribution in [3.05, 3.63) is 35.4 Å². The van der Waals surface area contributed by atoms with Crippen LogP contribution >= 0.6 is 0 Å². The number of amides is 1. The molecule has 1 heterocycles. The van der Waals surface area contributed by atoms with Gasteiger partial charge in [-0.3, -0.25) is 9.69 Å². The SMILES string of the molecule is CC(C)CN(CC(N)=O)C[C@@H]1CC(c2c(F)cccc2F)=NO1. The molecule has 1 aromatic rings. The summed E-state index contributed by atoms with van der Waals surface area (Å²) >= 11 is 0. The van der Waals surface area contributed by atoms with E-state index >= 15 is 0 Å². The molecule has 0 unspecified atom stereocenters. The number of hydrogen-bond donors (Lipinski definition) is 1. The van der Waals surface area contributed by atoms with E-state index in [1.54, 1.807) is 0 Å². The number of nitrogens with two attached hydrogens (primary N) is 1. The van der Waals surface area contributed by atoms with E-state index in [0.717, 1.165) is 0 Å². The van der Waals surface area contributed by atoms with Gasteiger partial charge in [-0.05, 0) is 18.1 Å². The fraction of sp³-hybridized carbons (Fsp3) is 0.500. The monoisotopic (exact) mass is 325 g/mol. The lowest BCUT2D eigenvalue weighted by Gasteiger charge is -2.24. The van der Waals surface area contributed by atoms with E-state index in [9.17, 15) is 13.6 Å². The fourth-order valence-corrected chi connectivity index (χ4v) is 2.68. The second-order valence-corrected chi connectivity index (χ2v) is 6.12. The van der Waals surface area contributed by atoms with E-state index in [-0.39, 0.29) is 30.3 Å². The zero-order valence-electron chi connectivity index (χ0n) is 13.3. The highest BCUT2D eigenvalue weighted by molar-refractivity contribution is 6.01. The van der Waals surface area contributed by atoms with Crippen LogP contribution in [0.3, 0.4) is 0 Å². The average Bonchev–Trinajstić information content (AvgIpc) is 2.85. The van der Waals surface area contributed by atoms with Crippen LogP contribution in [-0.2, 0) is 9.63 Å². The average molecular weight is 325 g/mol. The molecule has 0 bridgehead atoms. The van der Waals surface area contributed by atoms with Gasteiger partial charge >= 0.3 is 0 Å². The summed E-state index contributed by atoms with van der Waals surface area (Å²) in [5.41, 5.74) is 5.34. The van der Waals surface area contributed by atoms with Crippen molar-refractivity contribution in [2.75, 3.05) is 19.6 Å². The maximum Gasteiger partial charge on any atom is 0.231 e. The Labute approximate surface area is 134 Å². The smallest absolute Gasteiger partial charge is 0.231 e. The first-order chi connectivity index (χ1) is 10.9. The van der Waals surface area contributed by atoms with Crippen LogP contribution in [0.5, 0.6) is 0 Å². The van der Waals surface area contributed by atoms with E-state index in [4.69, 9.17) is 10.6 Å². The van der Waals surface area contributed by atoms with E-state index in [1.165, 1.54) is 18.2 Å². The molecular formula is C16H21F2N3O2. The number of benzene rings is 1. The van der Waals surface area contributed by atoms with E-state index < -0.39 is 17.5 Å². The zero-order valence-corrected chi connectivity index (χ0v) is 13.3. The second kappa shape index (κ2) is 7.50. The first kappa shape index (κ1) is 17.3. The molecule has 0 fully saturated rings. The third-order valence-corrected chi connectivity index (χ3v) is 3.45. The van der Waals surface area contributed by atoms with Gasteiger partial charge in [0.2, 0.25) is 5.91 Å². The van der Waals surface area contributed by atoms with Crippen molar-refractivity contribution in [1.29, 1.82) is 0 Å².